The van der Waals surface area contributed by atoms with Crippen molar-refractivity contribution in [2.75, 3.05) is 44.2 Å². The highest BCUT2D eigenvalue weighted by Gasteiger charge is 2.50. The minimum Gasteiger partial charge on any atom is -0.477 e. The normalized spacial score (nSPS) is 20.1. The van der Waals surface area contributed by atoms with Gasteiger partial charge in [-0.15, -0.1) is 0 Å². The largest absolute Gasteiger partial charge is 0.477 e. The molecule has 2 aromatic rings. The molecule has 0 radical (unpaired) electrons. The summed E-state index contributed by atoms with van der Waals surface area (Å²) >= 11 is 0. The van der Waals surface area contributed by atoms with Gasteiger partial charge in [0.15, 0.2) is 5.69 Å². The van der Waals surface area contributed by atoms with E-state index in [1.165, 1.54) is 25.7 Å². The summed E-state index contributed by atoms with van der Waals surface area (Å²) in [5.74, 6) is 0.0740. The summed E-state index contributed by atoms with van der Waals surface area (Å²) in [4.78, 5) is 39.0. The molecule has 2 fully saturated rings. The van der Waals surface area contributed by atoms with Gasteiger partial charge in [0.25, 0.3) is 5.91 Å². The van der Waals surface area contributed by atoms with Crippen LogP contribution in [-0.2, 0) is 4.74 Å². The summed E-state index contributed by atoms with van der Waals surface area (Å²) < 4.78 is 51.8. The first-order valence-corrected chi connectivity index (χ1v) is 14.7. The molecular weight excluding hydrogens is 565 g/mol. The third-order valence-electron chi connectivity index (χ3n) is 7.64. The number of nitrogens with zero attached hydrogens (tertiary/aromatic N) is 4. The van der Waals surface area contributed by atoms with Crippen LogP contribution in [0, 0.1) is 5.41 Å². The van der Waals surface area contributed by atoms with E-state index < -0.39 is 23.8 Å². The molecule has 0 spiro atoms. The summed E-state index contributed by atoms with van der Waals surface area (Å²) in [7, 11) is 0. The molecule has 10 nitrogen and oxygen atoms in total. The number of carbonyl (C=O) groups excluding carboxylic acids is 2. The standard InChI is InChI=1S/C30H41F3N6O4/c1-6-20-18-38(28(41)43-27(29(3,4)5)30(31,32)33)15-16-39(20)23-11-10-22(21-9-8-13-35-26(21)42-7-2)37-24(23)25(40)36-19-12-14-34-17-19/h8-11,13,19-20,27,34H,6-7,12,14-18H2,1-5H3,(H,36,40)/t19-,20-,27-/m1/s1. The molecule has 2 N–H and O–H groups in total. The number of amides is 2. The van der Waals surface area contributed by atoms with Gasteiger partial charge in [-0.25, -0.2) is 14.8 Å². The lowest BCUT2D eigenvalue weighted by Gasteiger charge is -2.43. The summed E-state index contributed by atoms with van der Waals surface area (Å²) in [6.07, 6.45) is -4.95. The van der Waals surface area contributed by atoms with Crippen LogP contribution in [0.5, 0.6) is 5.88 Å². The van der Waals surface area contributed by atoms with Crippen molar-refractivity contribution >= 4 is 17.7 Å². The van der Waals surface area contributed by atoms with E-state index >= 15 is 0 Å². The molecule has 4 rings (SSSR count). The van der Waals surface area contributed by atoms with E-state index in [-0.39, 0.29) is 43.3 Å². The van der Waals surface area contributed by atoms with Crippen molar-refractivity contribution in [1.29, 1.82) is 0 Å². The van der Waals surface area contributed by atoms with Crippen molar-refractivity contribution in [3.05, 3.63) is 36.2 Å². The Hall–Kier alpha value is -3.61. The Bertz CT molecular complexity index is 1270. The smallest absolute Gasteiger partial charge is 0.426 e. The average molecular weight is 607 g/mol. The SMILES string of the molecule is CCOc1ncccc1-c1ccc(N2CCN(C(=O)O[C@H](C(C)(C)C)C(F)(F)F)C[C@H]2CC)c(C(=O)N[C@@H]2CCNC2)n1. The predicted molar refractivity (Wildman–Crippen MR) is 156 cm³/mol. The van der Waals surface area contributed by atoms with Gasteiger partial charge in [0.1, 0.15) is 0 Å². The van der Waals surface area contributed by atoms with E-state index in [2.05, 4.69) is 15.6 Å². The lowest BCUT2D eigenvalue weighted by molar-refractivity contribution is -0.232. The molecule has 4 heterocycles. The molecule has 2 aliphatic rings. The first-order chi connectivity index (χ1) is 20.3. The van der Waals surface area contributed by atoms with Gasteiger partial charge >= 0.3 is 12.3 Å². The zero-order valence-electron chi connectivity index (χ0n) is 25.3. The third kappa shape index (κ3) is 7.67. The molecule has 0 bridgehead atoms. The Labute approximate surface area is 250 Å². The summed E-state index contributed by atoms with van der Waals surface area (Å²) in [6, 6.07) is 6.89. The topological polar surface area (TPSA) is 109 Å². The maximum atomic E-state index is 13.7. The maximum absolute atomic E-state index is 13.7. The van der Waals surface area contributed by atoms with Gasteiger partial charge in [0.2, 0.25) is 12.0 Å². The molecule has 236 valence electrons. The van der Waals surface area contributed by atoms with Crippen LogP contribution in [0.3, 0.4) is 0 Å². The van der Waals surface area contributed by atoms with Crippen molar-refractivity contribution < 1.29 is 32.2 Å². The number of ether oxygens (including phenoxy) is 2. The fourth-order valence-electron chi connectivity index (χ4n) is 5.47. The monoisotopic (exact) mass is 606 g/mol. The average Bonchev–Trinajstić information content (AvgIpc) is 3.47. The number of aromatic nitrogens is 2. The van der Waals surface area contributed by atoms with Gasteiger partial charge in [-0.2, -0.15) is 13.2 Å². The van der Waals surface area contributed by atoms with E-state index in [1.807, 2.05) is 30.9 Å². The zero-order valence-corrected chi connectivity index (χ0v) is 25.3. The number of nitrogens with one attached hydrogen (secondary N) is 2. The van der Waals surface area contributed by atoms with Gasteiger partial charge in [0.05, 0.1) is 23.6 Å². The fraction of sp³-hybridized carbons (Fsp3) is 0.600. The second-order valence-electron chi connectivity index (χ2n) is 11.9. The summed E-state index contributed by atoms with van der Waals surface area (Å²) in [5, 5.41) is 6.31. The lowest BCUT2D eigenvalue weighted by Crippen LogP contribution is -2.56. The Morgan fingerprint density at radius 2 is 1.93 bits per heavy atom. The second kappa shape index (κ2) is 13.4. The minimum absolute atomic E-state index is 0.0406. The zero-order chi connectivity index (χ0) is 31.4. The van der Waals surface area contributed by atoms with Crippen LogP contribution in [0.2, 0.25) is 0 Å². The predicted octanol–water partition coefficient (Wildman–Crippen LogP) is 4.65. The highest BCUT2D eigenvalue weighted by atomic mass is 19.4. The maximum Gasteiger partial charge on any atom is 0.426 e. The van der Waals surface area contributed by atoms with Crippen LogP contribution in [0.25, 0.3) is 11.3 Å². The van der Waals surface area contributed by atoms with Gasteiger partial charge in [-0.1, -0.05) is 27.7 Å². The quantitative estimate of drug-likeness (QED) is 0.447. The number of hydrogen-bond donors (Lipinski definition) is 2. The lowest BCUT2D eigenvalue weighted by atomic mass is 9.88. The van der Waals surface area contributed by atoms with Crippen LogP contribution >= 0.6 is 0 Å². The molecule has 0 saturated carbocycles. The fourth-order valence-corrected chi connectivity index (χ4v) is 5.47. The van der Waals surface area contributed by atoms with Gasteiger partial charge in [-0.3, -0.25) is 4.79 Å². The van der Waals surface area contributed by atoms with Crippen LogP contribution in [-0.4, -0.2) is 90.6 Å². The van der Waals surface area contributed by atoms with Gasteiger partial charge < -0.3 is 29.9 Å². The third-order valence-corrected chi connectivity index (χ3v) is 7.64. The van der Waals surface area contributed by atoms with Crippen molar-refractivity contribution in [3.63, 3.8) is 0 Å². The minimum atomic E-state index is -4.69. The molecule has 2 aliphatic heterocycles. The van der Waals surface area contributed by atoms with E-state index in [0.29, 0.717) is 42.4 Å². The van der Waals surface area contributed by atoms with Crippen molar-refractivity contribution in [3.8, 4) is 17.1 Å². The first-order valence-electron chi connectivity index (χ1n) is 14.7. The van der Waals surface area contributed by atoms with Crippen LogP contribution < -0.4 is 20.3 Å². The Balaban J connectivity index is 1.62. The molecule has 2 aromatic heterocycles. The molecule has 2 amide bonds. The van der Waals surface area contributed by atoms with E-state index in [1.54, 1.807) is 18.3 Å². The number of piperazine rings is 1. The number of hydrogen-bond acceptors (Lipinski definition) is 8. The van der Waals surface area contributed by atoms with Crippen LogP contribution in [0.4, 0.5) is 23.7 Å². The molecule has 3 atom stereocenters. The van der Waals surface area contributed by atoms with Crippen molar-refractivity contribution in [1.82, 2.24) is 25.5 Å². The first kappa shape index (κ1) is 32.3. The Morgan fingerprint density at radius 3 is 2.56 bits per heavy atom. The van der Waals surface area contributed by atoms with Gasteiger partial charge in [0, 0.05) is 49.9 Å². The molecule has 2 saturated heterocycles. The molecule has 13 heteroatoms. The molecule has 0 aromatic carbocycles. The number of pyridine rings is 2. The van der Waals surface area contributed by atoms with E-state index in [9.17, 15) is 22.8 Å². The second-order valence-corrected chi connectivity index (χ2v) is 11.9. The molecule has 0 aliphatic carbocycles. The molecule has 43 heavy (non-hydrogen) atoms. The Kier molecular flexibility index (Phi) is 10.0. The molecule has 0 unspecified atom stereocenters. The highest BCUT2D eigenvalue weighted by Crippen LogP contribution is 2.37. The van der Waals surface area contributed by atoms with Crippen LogP contribution in [0.15, 0.2) is 30.5 Å². The van der Waals surface area contributed by atoms with E-state index in [4.69, 9.17) is 14.5 Å². The number of anilines is 1. The number of alkyl halides is 3. The highest BCUT2D eigenvalue weighted by molar-refractivity contribution is 5.99. The Morgan fingerprint density at radius 1 is 1.16 bits per heavy atom. The van der Waals surface area contributed by atoms with E-state index in [0.717, 1.165) is 13.0 Å². The molecular formula is C30H41F3N6O4. The number of carbonyl (C=O) groups is 2. The number of halogens is 3. The van der Waals surface area contributed by atoms with Gasteiger partial charge in [-0.05, 0) is 50.6 Å². The summed E-state index contributed by atoms with van der Waals surface area (Å²) in [5.41, 5.74) is 0.642. The summed E-state index contributed by atoms with van der Waals surface area (Å²) in [6.45, 7) is 10.4. The number of rotatable bonds is 8. The van der Waals surface area contributed by atoms with Crippen molar-refractivity contribution in [2.45, 2.75) is 71.8 Å². The van der Waals surface area contributed by atoms with Crippen LogP contribution in [0.1, 0.15) is 57.9 Å². The van der Waals surface area contributed by atoms with Crippen molar-refractivity contribution in [2.24, 2.45) is 5.41 Å².